The Morgan fingerprint density at radius 2 is 1.78 bits per heavy atom. The third-order valence-corrected chi connectivity index (χ3v) is 6.05. The fraction of sp³-hybridized carbons (Fsp3) is 0.154. The lowest BCUT2D eigenvalue weighted by Gasteiger charge is -2.12. The van der Waals surface area contributed by atoms with Crippen molar-refractivity contribution in [3.63, 3.8) is 0 Å². The summed E-state index contributed by atoms with van der Waals surface area (Å²) < 4.78 is 12.6. The minimum atomic E-state index is -0.835. The lowest BCUT2D eigenvalue weighted by Crippen LogP contribution is -1.98. The number of benzene rings is 3. The minimum Gasteiger partial charge on any atom is -0.493 e. The minimum absolute atomic E-state index is 0.0370. The van der Waals surface area contributed by atoms with Gasteiger partial charge >= 0.3 is 5.97 Å². The van der Waals surface area contributed by atoms with E-state index in [0.717, 1.165) is 31.9 Å². The Kier molecular flexibility index (Phi) is 6.82. The second-order valence-corrected chi connectivity index (χ2v) is 8.27. The first-order valence-corrected chi connectivity index (χ1v) is 11.1. The summed E-state index contributed by atoms with van der Waals surface area (Å²) in [4.78, 5) is 16.0. The molecule has 0 fully saturated rings. The molecule has 1 N–H and O–H groups in total. The quantitative estimate of drug-likeness (QED) is 0.328. The number of hydrogen-bond acceptors (Lipinski definition) is 5. The molecule has 3 aromatic carbocycles. The number of aliphatic carboxylic acids is 1. The third kappa shape index (κ3) is 5.34. The fourth-order valence-electron chi connectivity index (χ4n) is 3.32. The van der Waals surface area contributed by atoms with E-state index in [0.29, 0.717) is 24.5 Å². The van der Waals surface area contributed by atoms with E-state index >= 15 is 0 Å². The van der Waals surface area contributed by atoms with Crippen LogP contribution in [0.25, 0.3) is 21.9 Å². The second-order valence-electron chi connectivity index (χ2n) is 7.23. The van der Waals surface area contributed by atoms with Crippen LogP contribution in [-0.4, -0.2) is 23.2 Å². The third-order valence-electron chi connectivity index (χ3n) is 4.94. The summed E-state index contributed by atoms with van der Waals surface area (Å²) in [5.41, 5.74) is 3.75. The molecule has 6 heteroatoms. The predicted octanol–water partition coefficient (Wildman–Crippen LogP) is 6.29. The van der Waals surface area contributed by atoms with Crippen LogP contribution in [0, 0.1) is 0 Å². The van der Waals surface area contributed by atoms with Gasteiger partial charge < -0.3 is 14.6 Å². The maximum absolute atomic E-state index is 11.2. The van der Waals surface area contributed by atoms with Gasteiger partial charge in [-0.25, -0.2) is 4.98 Å². The zero-order chi connectivity index (χ0) is 22.3. The van der Waals surface area contributed by atoms with Crippen LogP contribution in [0.5, 0.6) is 11.5 Å². The maximum Gasteiger partial charge on any atom is 0.303 e. The molecule has 0 radical (unpaired) electrons. The van der Waals surface area contributed by atoms with Gasteiger partial charge in [0.25, 0.3) is 0 Å². The molecule has 1 heterocycles. The van der Waals surface area contributed by atoms with Gasteiger partial charge in [0, 0.05) is 6.42 Å². The predicted molar refractivity (Wildman–Crippen MR) is 128 cm³/mol. The van der Waals surface area contributed by atoms with Crippen molar-refractivity contribution in [2.24, 2.45) is 0 Å². The molecular weight excluding hydrogens is 422 g/mol. The Balaban J connectivity index is 1.66. The van der Waals surface area contributed by atoms with E-state index in [9.17, 15) is 9.90 Å². The summed E-state index contributed by atoms with van der Waals surface area (Å²) in [6.45, 7) is 0.425. The molecular formula is C26H23NO4S. The summed E-state index contributed by atoms with van der Waals surface area (Å²) in [6.07, 6.45) is 2.41. The molecule has 0 spiro atoms. The van der Waals surface area contributed by atoms with Gasteiger partial charge in [0.05, 0.1) is 17.3 Å². The molecule has 5 nitrogen and oxygen atoms in total. The van der Waals surface area contributed by atoms with Crippen molar-refractivity contribution < 1.29 is 19.4 Å². The smallest absolute Gasteiger partial charge is 0.303 e. The van der Waals surface area contributed by atoms with E-state index in [1.54, 1.807) is 18.4 Å². The van der Waals surface area contributed by atoms with Crippen LogP contribution in [0.15, 0.2) is 72.8 Å². The normalized spacial score (nSPS) is 11.5. The molecule has 0 amide bonds. The number of methoxy groups -OCH3 is 1. The Hall–Kier alpha value is -3.64. The molecule has 0 saturated carbocycles. The van der Waals surface area contributed by atoms with Crippen LogP contribution in [-0.2, 0) is 11.4 Å². The van der Waals surface area contributed by atoms with Crippen molar-refractivity contribution in [1.29, 1.82) is 0 Å². The van der Waals surface area contributed by atoms with Gasteiger partial charge in [0.2, 0.25) is 0 Å². The summed E-state index contributed by atoms with van der Waals surface area (Å²) in [6, 6.07) is 23.6. The van der Waals surface area contributed by atoms with Crippen LogP contribution in [0.1, 0.15) is 29.0 Å². The van der Waals surface area contributed by atoms with Crippen molar-refractivity contribution in [3.05, 3.63) is 88.9 Å². The first-order chi connectivity index (χ1) is 15.6. The van der Waals surface area contributed by atoms with Gasteiger partial charge in [-0.3, -0.25) is 4.79 Å². The number of nitrogens with zero attached hydrogens (tertiary/aromatic N) is 1. The number of aromatic nitrogens is 1. The Morgan fingerprint density at radius 3 is 2.53 bits per heavy atom. The molecule has 0 bridgehead atoms. The van der Waals surface area contributed by atoms with Crippen LogP contribution in [0.3, 0.4) is 0 Å². The molecule has 4 rings (SSSR count). The highest BCUT2D eigenvalue weighted by Crippen LogP contribution is 2.34. The van der Waals surface area contributed by atoms with Crippen LogP contribution < -0.4 is 9.47 Å². The molecule has 32 heavy (non-hydrogen) atoms. The lowest BCUT2D eigenvalue weighted by atomic mass is 10.1. The molecule has 162 valence electrons. The fourth-order valence-corrected chi connectivity index (χ4v) is 4.33. The zero-order valence-corrected chi connectivity index (χ0v) is 18.5. The number of ether oxygens (including phenoxy) is 2. The van der Waals surface area contributed by atoms with E-state index in [1.807, 2.05) is 78.9 Å². The van der Waals surface area contributed by atoms with Gasteiger partial charge in [-0.05, 0) is 53.5 Å². The van der Waals surface area contributed by atoms with Gasteiger partial charge in [-0.1, -0.05) is 48.5 Å². The van der Waals surface area contributed by atoms with Crippen LogP contribution in [0.4, 0.5) is 0 Å². The molecule has 0 unspecified atom stereocenters. The van der Waals surface area contributed by atoms with Crippen molar-refractivity contribution in [2.45, 2.75) is 19.4 Å². The highest BCUT2D eigenvalue weighted by atomic mass is 32.1. The molecule has 4 aromatic rings. The van der Waals surface area contributed by atoms with Gasteiger partial charge in [0.15, 0.2) is 11.5 Å². The monoisotopic (exact) mass is 445 g/mol. The molecule has 0 atom stereocenters. The van der Waals surface area contributed by atoms with Crippen LogP contribution >= 0.6 is 11.3 Å². The van der Waals surface area contributed by atoms with Crippen molar-refractivity contribution in [2.75, 3.05) is 7.11 Å². The molecule has 0 saturated heterocycles. The lowest BCUT2D eigenvalue weighted by molar-refractivity contribution is -0.136. The number of thiazole rings is 1. The van der Waals surface area contributed by atoms with E-state index in [4.69, 9.17) is 14.5 Å². The summed E-state index contributed by atoms with van der Waals surface area (Å²) in [5.74, 6) is 0.441. The summed E-state index contributed by atoms with van der Waals surface area (Å²) in [7, 11) is 1.61. The SMILES string of the molecule is COc1ccc(/C=C(\CCC(=O)O)c2nc3ccccc3s2)cc1OCc1ccccc1. The topological polar surface area (TPSA) is 68.7 Å². The van der Waals surface area contributed by atoms with E-state index in [-0.39, 0.29) is 6.42 Å². The average molecular weight is 446 g/mol. The number of hydrogen-bond donors (Lipinski definition) is 1. The van der Waals surface area contributed by atoms with Gasteiger partial charge in [-0.2, -0.15) is 0 Å². The average Bonchev–Trinajstić information content (AvgIpc) is 3.25. The highest BCUT2D eigenvalue weighted by Gasteiger charge is 2.12. The van der Waals surface area contributed by atoms with Crippen LogP contribution in [0.2, 0.25) is 0 Å². The van der Waals surface area contributed by atoms with Gasteiger partial charge in [0.1, 0.15) is 11.6 Å². The van der Waals surface area contributed by atoms with Crippen molar-refractivity contribution in [1.82, 2.24) is 4.98 Å². The molecule has 1 aromatic heterocycles. The molecule has 0 aliphatic heterocycles. The number of carbonyl (C=O) groups is 1. The Bertz CT molecular complexity index is 1210. The van der Waals surface area contributed by atoms with Gasteiger partial charge in [-0.15, -0.1) is 11.3 Å². The number of allylic oxidation sites excluding steroid dienone is 1. The van der Waals surface area contributed by atoms with Crippen molar-refractivity contribution in [3.8, 4) is 11.5 Å². The molecule has 0 aliphatic rings. The summed E-state index contributed by atoms with van der Waals surface area (Å²) in [5, 5.41) is 10.1. The Morgan fingerprint density at radius 1 is 1.00 bits per heavy atom. The zero-order valence-electron chi connectivity index (χ0n) is 17.7. The summed E-state index contributed by atoms with van der Waals surface area (Å²) >= 11 is 1.57. The molecule has 0 aliphatic carbocycles. The standard InChI is InChI=1S/C26H23NO4S/c1-30-22-13-11-19(16-23(22)31-17-18-7-3-2-4-8-18)15-20(12-14-25(28)29)26-27-21-9-5-6-10-24(21)32-26/h2-11,13,15-16H,12,14,17H2,1H3,(H,28,29)/b20-15+. The number of para-hydroxylation sites is 1. The number of fused-ring (bicyclic) bond motifs is 1. The largest absolute Gasteiger partial charge is 0.493 e. The number of carboxylic acids is 1. The number of rotatable bonds is 9. The second kappa shape index (κ2) is 10.1. The van der Waals surface area contributed by atoms with E-state index in [2.05, 4.69) is 0 Å². The maximum atomic E-state index is 11.2. The van der Waals surface area contributed by atoms with E-state index in [1.165, 1.54) is 0 Å². The first-order valence-electron chi connectivity index (χ1n) is 10.3. The number of carboxylic acid groups (broad SMARTS) is 1. The highest BCUT2D eigenvalue weighted by molar-refractivity contribution is 7.19. The van der Waals surface area contributed by atoms with Crippen molar-refractivity contribution >= 4 is 39.2 Å². The van der Waals surface area contributed by atoms with E-state index < -0.39 is 5.97 Å². The first kappa shape index (κ1) is 21.6. The Labute approximate surface area is 190 Å².